The number of methoxy groups -OCH3 is 1. The molecule has 0 aliphatic carbocycles. The second kappa shape index (κ2) is 7.59. The molecular weight excluding hydrogens is 334 g/mol. The van der Waals surface area contributed by atoms with Gasteiger partial charge in [0.1, 0.15) is 11.8 Å². The van der Waals surface area contributed by atoms with E-state index in [4.69, 9.17) is 4.74 Å². The summed E-state index contributed by atoms with van der Waals surface area (Å²) < 4.78 is 34.6. The number of carbonyl (C=O) groups is 1. The largest absolute Gasteiger partial charge is 0.490 e. The Balaban J connectivity index is 1.96. The fourth-order valence-electron chi connectivity index (χ4n) is 2.48. The maximum absolute atomic E-state index is 11.5. The number of esters is 1. The van der Waals surface area contributed by atoms with E-state index < -0.39 is 16.0 Å². The van der Waals surface area contributed by atoms with Crippen molar-refractivity contribution in [1.29, 1.82) is 5.26 Å². The summed E-state index contributed by atoms with van der Waals surface area (Å²) in [6.45, 7) is 1.31. The molecule has 0 spiro atoms. The number of rotatable bonds is 5. The Morgan fingerprint density at radius 1 is 1.46 bits per heavy atom. The summed E-state index contributed by atoms with van der Waals surface area (Å²) in [6, 6.07) is 3.30. The van der Waals surface area contributed by atoms with Crippen LogP contribution in [0.25, 0.3) is 0 Å². The fraction of sp³-hybridized carbons (Fsp3) is 0.533. The van der Waals surface area contributed by atoms with E-state index in [0.29, 0.717) is 38.3 Å². The standard InChI is InChI=1S/C15H19N3O5S/c1-22-15(19)13-7-12(8-16)14(9-17-13)23-10-11-3-5-18(6-4-11)24(2,20)21/h7,9,11H,3-6,10H2,1-2H3. The Morgan fingerprint density at radius 3 is 2.67 bits per heavy atom. The van der Waals surface area contributed by atoms with E-state index in [1.54, 1.807) is 0 Å². The van der Waals surface area contributed by atoms with Crippen molar-refractivity contribution in [2.75, 3.05) is 33.1 Å². The third-order valence-electron chi connectivity index (χ3n) is 3.90. The van der Waals surface area contributed by atoms with Crippen LogP contribution in [-0.4, -0.2) is 56.7 Å². The minimum Gasteiger partial charge on any atom is -0.490 e. The molecule has 1 aliphatic heterocycles. The lowest BCUT2D eigenvalue weighted by Gasteiger charge is -2.30. The lowest BCUT2D eigenvalue weighted by Crippen LogP contribution is -2.39. The molecule has 0 saturated carbocycles. The number of piperidine rings is 1. The summed E-state index contributed by atoms with van der Waals surface area (Å²) in [5.74, 6) is -0.114. The Morgan fingerprint density at radius 2 is 2.12 bits per heavy atom. The molecule has 0 atom stereocenters. The Bertz CT molecular complexity index is 749. The molecule has 24 heavy (non-hydrogen) atoms. The summed E-state index contributed by atoms with van der Waals surface area (Å²) in [5.41, 5.74) is 0.252. The van der Waals surface area contributed by atoms with Crippen molar-refractivity contribution in [2.45, 2.75) is 12.8 Å². The zero-order valence-corrected chi connectivity index (χ0v) is 14.4. The van der Waals surface area contributed by atoms with Gasteiger partial charge in [0.2, 0.25) is 10.0 Å². The Hall–Kier alpha value is -2.18. The first-order valence-electron chi connectivity index (χ1n) is 7.41. The van der Waals surface area contributed by atoms with Crippen LogP contribution in [0.5, 0.6) is 5.75 Å². The summed E-state index contributed by atoms with van der Waals surface area (Å²) in [6.07, 6.45) is 3.93. The van der Waals surface area contributed by atoms with Crippen LogP contribution < -0.4 is 4.74 Å². The molecule has 0 aromatic carbocycles. The van der Waals surface area contributed by atoms with Crippen molar-refractivity contribution in [1.82, 2.24) is 9.29 Å². The first-order chi connectivity index (χ1) is 11.3. The van der Waals surface area contributed by atoms with E-state index in [9.17, 15) is 18.5 Å². The molecule has 1 saturated heterocycles. The molecule has 0 amide bonds. The number of hydrogen-bond donors (Lipinski definition) is 0. The second-order valence-electron chi connectivity index (χ2n) is 5.59. The normalized spacial score (nSPS) is 16.4. The molecule has 0 unspecified atom stereocenters. The number of nitriles is 1. The van der Waals surface area contributed by atoms with Crippen LogP contribution in [0.15, 0.2) is 12.3 Å². The Labute approximate surface area is 141 Å². The van der Waals surface area contributed by atoms with Gasteiger partial charge in [-0.25, -0.2) is 22.5 Å². The van der Waals surface area contributed by atoms with Gasteiger partial charge in [0.25, 0.3) is 0 Å². The van der Waals surface area contributed by atoms with E-state index in [-0.39, 0.29) is 17.2 Å². The zero-order valence-electron chi connectivity index (χ0n) is 13.6. The van der Waals surface area contributed by atoms with Crippen LogP contribution in [-0.2, 0) is 14.8 Å². The first kappa shape index (κ1) is 18.2. The summed E-state index contributed by atoms with van der Waals surface area (Å²) >= 11 is 0. The average Bonchev–Trinajstić information content (AvgIpc) is 2.58. The number of hydrogen-bond acceptors (Lipinski definition) is 7. The smallest absolute Gasteiger partial charge is 0.356 e. The average molecular weight is 353 g/mol. The molecule has 0 radical (unpaired) electrons. The number of nitrogens with zero attached hydrogens (tertiary/aromatic N) is 3. The lowest BCUT2D eigenvalue weighted by molar-refractivity contribution is 0.0594. The molecule has 130 valence electrons. The van der Waals surface area contributed by atoms with Gasteiger partial charge >= 0.3 is 5.97 Å². The minimum absolute atomic E-state index is 0.0443. The third kappa shape index (κ3) is 4.43. The lowest BCUT2D eigenvalue weighted by atomic mass is 9.99. The van der Waals surface area contributed by atoms with Gasteiger partial charge in [0, 0.05) is 13.1 Å². The van der Waals surface area contributed by atoms with Crippen molar-refractivity contribution >= 4 is 16.0 Å². The van der Waals surface area contributed by atoms with Gasteiger partial charge in [-0.15, -0.1) is 0 Å². The van der Waals surface area contributed by atoms with Gasteiger partial charge in [0.05, 0.1) is 31.7 Å². The van der Waals surface area contributed by atoms with Crippen LogP contribution in [0.2, 0.25) is 0 Å². The third-order valence-corrected chi connectivity index (χ3v) is 5.20. The van der Waals surface area contributed by atoms with Gasteiger partial charge in [-0.2, -0.15) is 5.26 Å². The predicted molar refractivity (Wildman–Crippen MR) is 84.9 cm³/mol. The molecule has 2 rings (SSSR count). The molecule has 9 heteroatoms. The van der Waals surface area contributed by atoms with Crippen molar-refractivity contribution in [3.63, 3.8) is 0 Å². The van der Waals surface area contributed by atoms with E-state index in [1.165, 1.54) is 29.9 Å². The highest BCUT2D eigenvalue weighted by Gasteiger charge is 2.25. The summed E-state index contributed by atoms with van der Waals surface area (Å²) in [4.78, 5) is 15.3. The van der Waals surface area contributed by atoms with Gasteiger partial charge in [-0.3, -0.25) is 0 Å². The summed E-state index contributed by atoms with van der Waals surface area (Å²) in [5, 5.41) is 9.18. The van der Waals surface area contributed by atoms with E-state index in [2.05, 4.69) is 9.72 Å². The van der Waals surface area contributed by atoms with Gasteiger partial charge in [-0.1, -0.05) is 0 Å². The van der Waals surface area contributed by atoms with E-state index >= 15 is 0 Å². The van der Waals surface area contributed by atoms with Crippen LogP contribution in [0.4, 0.5) is 0 Å². The van der Waals surface area contributed by atoms with E-state index in [1.807, 2.05) is 6.07 Å². The van der Waals surface area contributed by atoms with Gasteiger partial charge in [0.15, 0.2) is 5.75 Å². The van der Waals surface area contributed by atoms with Crippen molar-refractivity contribution in [3.05, 3.63) is 23.5 Å². The van der Waals surface area contributed by atoms with Crippen LogP contribution in [0.3, 0.4) is 0 Å². The summed E-state index contributed by atoms with van der Waals surface area (Å²) in [7, 11) is -1.91. The molecule has 0 bridgehead atoms. The van der Waals surface area contributed by atoms with Crippen LogP contribution >= 0.6 is 0 Å². The van der Waals surface area contributed by atoms with Crippen LogP contribution in [0.1, 0.15) is 28.9 Å². The molecule has 8 nitrogen and oxygen atoms in total. The number of ether oxygens (including phenoxy) is 2. The monoisotopic (exact) mass is 353 g/mol. The van der Waals surface area contributed by atoms with Crippen molar-refractivity contribution in [3.8, 4) is 11.8 Å². The number of pyridine rings is 1. The number of sulfonamides is 1. The van der Waals surface area contributed by atoms with Gasteiger partial charge in [-0.05, 0) is 24.8 Å². The predicted octanol–water partition coefficient (Wildman–Crippen LogP) is 0.790. The zero-order chi connectivity index (χ0) is 17.7. The number of carbonyl (C=O) groups excluding carboxylic acids is 1. The highest BCUT2D eigenvalue weighted by Crippen LogP contribution is 2.23. The Kier molecular flexibility index (Phi) is 5.75. The molecule has 1 fully saturated rings. The molecule has 1 aliphatic rings. The maximum Gasteiger partial charge on any atom is 0.356 e. The molecule has 1 aromatic rings. The fourth-order valence-corrected chi connectivity index (χ4v) is 3.35. The first-order valence-corrected chi connectivity index (χ1v) is 9.26. The topological polar surface area (TPSA) is 110 Å². The van der Waals surface area contributed by atoms with Crippen molar-refractivity contribution < 1.29 is 22.7 Å². The molecule has 0 N–H and O–H groups in total. The number of aromatic nitrogens is 1. The van der Waals surface area contributed by atoms with E-state index in [0.717, 1.165) is 0 Å². The molecule has 1 aromatic heterocycles. The minimum atomic E-state index is -3.15. The van der Waals surface area contributed by atoms with Gasteiger partial charge < -0.3 is 9.47 Å². The molecule has 2 heterocycles. The highest BCUT2D eigenvalue weighted by molar-refractivity contribution is 7.88. The highest BCUT2D eigenvalue weighted by atomic mass is 32.2. The maximum atomic E-state index is 11.5. The van der Waals surface area contributed by atoms with Crippen LogP contribution in [0, 0.1) is 17.2 Å². The molecular formula is C15H19N3O5S. The second-order valence-corrected chi connectivity index (χ2v) is 7.57. The quantitative estimate of drug-likeness (QED) is 0.720. The van der Waals surface area contributed by atoms with Crippen molar-refractivity contribution in [2.24, 2.45) is 5.92 Å². The SMILES string of the molecule is COC(=O)c1cc(C#N)c(OCC2CCN(S(C)(=O)=O)CC2)cn1.